The number of benzene rings is 1. The Morgan fingerprint density at radius 1 is 1.41 bits per heavy atom. The van der Waals surface area contributed by atoms with Crippen LogP contribution in [-0.4, -0.2) is 41.1 Å². The number of carbonyl (C=O) groups is 1. The summed E-state index contributed by atoms with van der Waals surface area (Å²) in [5.41, 5.74) is 0.416. The topological polar surface area (TPSA) is 52.6 Å². The summed E-state index contributed by atoms with van der Waals surface area (Å²) in [6.45, 7) is 5.21. The quantitative estimate of drug-likeness (QED) is 0.893. The summed E-state index contributed by atoms with van der Waals surface area (Å²) in [7, 11) is 0. The smallest absolute Gasteiger partial charge is 0.241 e. The van der Waals surface area contributed by atoms with Gasteiger partial charge in [0.15, 0.2) is 0 Å². The van der Waals surface area contributed by atoms with E-state index in [1.54, 1.807) is 0 Å². The van der Waals surface area contributed by atoms with Gasteiger partial charge in [0.05, 0.1) is 22.9 Å². The fourth-order valence-corrected chi connectivity index (χ4v) is 3.00. The average molecular weight is 329 g/mol. The van der Waals surface area contributed by atoms with Gasteiger partial charge in [0, 0.05) is 0 Å². The summed E-state index contributed by atoms with van der Waals surface area (Å²) >= 11 is 5.92. The molecule has 0 spiro atoms. The third kappa shape index (κ3) is 4.18. The van der Waals surface area contributed by atoms with Gasteiger partial charge < -0.3 is 10.4 Å². The Morgan fingerprint density at radius 3 is 2.59 bits per heavy atom. The van der Waals surface area contributed by atoms with Crippen LogP contribution in [0.25, 0.3) is 0 Å². The van der Waals surface area contributed by atoms with Crippen LogP contribution in [0, 0.1) is 11.7 Å². The molecule has 1 aliphatic heterocycles. The third-order valence-corrected chi connectivity index (χ3v) is 4.69. The normalized spacial score (nSPS) is 19.7. The van der Waals surface area contributed by atoms with Crippen LogP contribution in [0.4, 0.5) is 10.1 Å². The van der Waals surface area contributed by atoms with E-state index < -0.39 is 5.82 Å². The van der Waals surface area contributed by atoms with Gasteiger partial charge in [-0.15, -0.1) is 0 Å². The number of amides is 1. The van der Waals surface area contributed by atoms with Crippen molar-refractivity contribution >= 4 is 23.2 Å². The molecule has 122 valence electrons. The number of halogens is 2. The van der Waals surface area contributed by atoms with E-state index in [2.05, 4.69) is 10.2 Å². The molecule has 2 N–H and O–H groups in total. The highest BCUT2D eigenvalue weighted by molar-refractivity contribution is 6.33. The fraction of sp³-hybridized carbons (Fsp3) is 0.562. The second-order valence-corrected chi connectivity index (χ2v) is 6.31. The van der Waals surface area contributed by atoms with Crippen molar-refractivity contribution in [3.8, 4) is 0 Å². The zero-order chi connectivity index (χ0) is 16.3. The summed E-state index contributed by atoms with van der Waals surface area (Å²) in [6.07, 6.45) is 1.46. The van der Waals surface area contributed by atoms with Gasteiger partial charge in [-0.05, 0) is 63.9 Å². The predicted octanol–water partition coefficient (Wildman–Crippen LogP) is 2.90. The molecule has 4 nitrogen and oxygen atoms in total. The Morgan fingerprint density at radius 2 is 2.05 bits per heavy atom. The number of rotatable bonds is 4. The summed E-state index contributed by atoms with van der Waals surface area (Å²) in [5, 5.41) is 12.5. The molecule has 2 atom stereocenters. The lowest BCUT2D eigenvalue weighted by Gasteiger charge is -2.36. The molecule has 0 aromatic heterocycles. The number of aliphatic hydroxyl groups excluding tert-OH is 1. The average Bonchev–Trinajstić information content (AvgIpc) is 2.49. The SMILES string of the molecule is CC(O)C1CCN(C(C)C(=O)Nc2ccc(F)cc2Cl)CC1. The molecule has 6 heteroatoms. The molecule has 0 aliphatic carbocycles. The Kier molecular flexibility index (Phi) is 5.78. The van der Waals surface area contributed by atoms with Crippen LogP contribution in [0.2, 0.25) is 5.02 Å². The maximum Gasteiger partial charge on any atom is 0.241 e. The first-order chi connectivity index (χ1) is 10.4. The van der Waals surface area contributed by atoms with Crippen molar-refractivity contribution < 1.29 is 14.3 Å². The second-order valence-electron chi connectivity index (χ2n) is 5.90. The molecule has 2 rings (SSSR count). The third-order valence-electron chi connectivity index (χ3n) is 4.37. The molecule has 1 heterocycles. The fourth-order valence-electron chi connectivity index (χ4n) is 2.78. The van der Waals surface area contributed by atoms with E-state index >= 15 is 0 Å². The van der Waals surface area contributed by atoms with E-state index in [-0.39, 0.29) is 23.1 Å². The lowest BCUT2D eigenvalue weighted by molar-refractivity contribution is -0.121. The van der Waals surface area contributed by atoms with E-state index in [1.165, 1.54) is 18.2 Å². The largest absolute Gasteiger partial charge is 0.393 e. The minimum Gasteiger partial charge on any atom is -0.393 e. The highest BCUT2D eigenvalue weighted by Crippen LogP contribution is 2.25. The first-order valence-corrected chi connectivity index (χ1v) is 7.94. The van der Waals surface area contributed by atoms with Gasteiger partial charge in [0.25, 0.3) is 0 Å². The van der Waals surface area contributed by atoms with Gasteiger partial charge in [0.1, 0.15) is 5.82 Å². The molecular weight excluding hydrogens is 307 g/mol. The van der Waals surface area contributed by atoms with Gasteiger partial charge in [-0.2, -0.15) is 0 Å². The van der Waals surface area contributed by atoms with E-state index in [4.69, 9.17) is 11.6 Å². The minimum absolute atomic E-state index is 0.163. The highest BCUT2D eigenvalue weighted by Gasteiger charge is 2.28. The van der Waals surface area contributed by atoms with Gasteiger partial charge in [0.2, 0.25) is 5.91 Å². The molecule has 0 radical (unpaired) electrons. The van der Waals surface area contributed by atoms with Crippen LogP contribution in [-0.2, 0) is 4.79 Å². The van der Waals surface area contributed by atoms with Crippen LogP contribution in [0.1, 0.15) is 26.7 Å². The number of piperidine rings is 1. The number of aliphatic hydroxyl groups is 1. The maximum atomic E-state index is 13.0. The van der Waals surface area contributed by atoms with Crippen LogP contribution < -0.4 is 5.32 Å². The predicted molar refractivity (Wildman–Crippen MR) is 85.5 cm³/mol. The molecular formula is C16H22ClFN2O2. The summed E-state index contributed by atoms with van der Waals surface area (Å²) in [6, 6.07) is 3.61. The number of nitrogens with one attached hydrogen (secondary N) is 1. The lowest BCUT2D eigenvalue weighted by Crippen LogP contribution is -2.47. The van der Waals surface area contributed by atoms with Gasteiger partial charge in [-0.1, -0.05) is 11.6 Å². The summed E-state index contributed by atoms with van der Waals surface area (Å²) in [5.74, 6) is -0.293. The minimum atomic E-state index is -0.434. The molecule has 1 aromatic carbocycles. The monoisotopic (exact) mass is 328 g/mol. The van der Waals surface area contributed by atoms with Crippen molar-refractivity contribution in [2.75, 3.05) is 18.4 Å². The number of hydrogen-bond donors (Lipinski definition) is 2. The van der Waals surface area contributed by atoms with E-state index in [1.807, 2.05) is 13.8 Å². The van der Waals surface area contributed by atoms with Crippen LogP contribution >= 0.6 is 11.6 Å². The lowest BCUT2D eigenvalue weighted by atomic mass is 9.91. The molecule has 0 bridgehead atoms. The van der Waals surface area contributed by atoms with Gasteiger partial charge >= 0.3 is 0 Å². The standard InChI is InChI=1S/C16H22ClFN2O2/c1-10(20-7-5-12(6-8-20)11(2)21)16(22)19-15-4-3-13(18)9-14(15)17/h3-4,9-12,21H,5-8H2,1-2H3,(H,19,22). The van der Waals surface area contributed by atoms with Crippen molar-refractivity contribution in [1.29, 1.82) is 0 Å². The van der Waals surface area contributed by atoms with Crippen LogP contribution in [0.15, 0.2) is 18.2 Å². The van der Waals surface area contributed by atoms with E-state index in [0.29, 0.717) is 11.6 Å². The van der Waals surface area contributed by atoms with Crippen molar-refractivity contribution in [3.05, 3.63) is 29.0 Å². The summed E-state index contributed by atoms with van der Waals surface area (Å²) < 4.78 is 13.0. The van der Waals surface area contributed by atoms with E-state index in [0.717, 1.165) is 25.9 Å². The molecule has 1 amide bonds. The molecule has 1 fully saturated rings. The first kappa shape index (κ1) is 17.2. The number of carbonyl (C=O) groups excluding carboxylic acids is 1. The molecule has 22 heavy (non-hydrogen) atoms. The van der Waals surface area contributed by atoms with Gasteiger partial charge in [-0.3, -0.25) is 9.69 Å². The van der Waals surface area contributed by atoms with E-state index in [9.17, 15) is 14.3 Å². The van der Waals surface area contributed by atoms with Crippen molar-refractivity contribution in [1.82, 2.24) is 4.90 Å². The first-order valence-electron chi connectivity index (χ1n) is 7.56. The molecule has 1 aromatic rings. The Balaban J connectivity index is 1.92. The summed E-state index contributed by atoms with van der Waals surface area (Å²) in [4.78, 5) is 14.4. The number of likely N-dealkylation sites (tertiary alicyclic amines) is 1. The van der Waals surface area contributed by atoms with Crippen LogP contribution in [0.5, 0.6) is 0 Å². The Bertz CT molecular complexity index is 531. The van der Waals surface area contributed by atoms with Gasteiger partial charge in [-0.25, -0.2) is 4.39 Å². The number of nitrogens with zero attached hydrogens (tertiary/aromatic N) is 1. The number of hydrogen-bond acceptors (Lipinski definition) is 3. The zero-order valence-electron chi connectivity index (χ0n) is 12.9. The highest BCUT2D eigenvalue weighted by atomic mass is 35.5. The Labute approximate surface area is 135 Å². The number of anilines is 1. The van der Waals surface area contributed by atoms with Crippen molar-refractivity contribution in [2.45, 2.75) is 38.8 Å². The molecule has 1 saturated heterocycles. The van der Waals surface area contributed by atoms with Crippen molar-refractivity contribution in [3.63, 3.8) is 0 Å². The Hall–Kier alpha value is -1.17. The zero-order valence-corrected chi connectivity index (χ0v) is 13.6. The maximum absolute atomic E-state index is 13.0. The molecule has 0 saturated carbocycles. The second kappa shape index (κ2) is 7.40. The van der Waals surface area contributed by atoms with Crippen molar-refractivity contribution in [2.24, 2.45) is 5.92 Å². The molecule has 1 aliphatic rings. The molecule has 2 unspecified atom stereocenters. The van der Waals surface area contributed by atoms with Crippen LogP contribution in [0.3, 0.4) is 0 Å².